The third-order valence-corrected chi connectivity index (χ3v) is 5.51. The number of nitrogens with zero attached hydrogens (tertiary/aromatic N) is 2. The van der Waals surface area contributed by atoms with E-state index in [1.165, 1.54) is 0 Å². The van der Waals surface area contributed by atoms with Crippen LogP contribution in [0.4, 0.5) is 4.79 Å². The van der Waals surface area contributed by atoms with Crippen molar-refractivity contribution in [2.24, 2.45) is 0 Å². The van der Waals surface area contributed by atoms with E-state index in [-0.39, 0.29) is 12.5 Å². The second kappa shape index (κ2) is 6.84. The highest BCUT2D eigenvalue weighted by Gasteiger charge is 2.50. The van der Waals surface area contributed by atoms with E-state index in [1.54, 1.807) is 13.1 Å². The first-order chi connectivity index (χ1) is 14.6. The van der Waals surface area contributed by atoms with E-state index in [0.717, 1.165) is 26.8 Å². The molecule has 1 N–H and O–H groups in total. The van der Waals surface area contributed by atoms with E-state index in [1.807, 2.05) is 72.8 Å². The van der Waals surface area contributed by atoms with Crippen LogP contribution >= 0.6 is 0 Å². The number of benzene rings is 3. The molecule has 0 aliphatic carbocycles. The zero-order valence-electron chi connectivity index (χ0n) is 16.3. The molecule has 1 aliphatic rings. The Bertz CT molecular complexity index is 1260. The van der Waals surface area contributed by atoms with Gasteiger partial charge < -0.3 is 9.73 Å². The Balaban J connectivity index is 1.45. The molecule has 6 nitrogen and oxygen atoms in total. The van der Waals surface area contributed by atoms with E-state index in [0.29, 0.717) is 11.7 Å². The number of nitrogens with one attached hydrogen (secondary N) is 1. The number of hydrogen-bond donors (Lipinski definition) is 1. The molecule has 0 bridgehead atoms. The summed E-state index contributed by atoms with van der Waals surface area (Å²) < 4.78 is 5.79. The van der Waals surface area contributed by atoms with Crippen LogP contribution in [-0.4, -0.2) is 21.8 Å². The number of oxazole rings is 1. The number of carbonyl (C=O) groups excluding carboxylic acids is 2. The molecule has 0 unspecified atom stereocenters. The summed E-state index contributed by atoms with van der Waals surface area (Å²) in [5, 5.41) is 4.81. The Kier molecular flexibility index (Phi) is 4.13. The molecule has 30 heavy (non-hydrogen) atoms. The van der Waals surface area contributed by atoms with Crippen LogP contribution in [0, 0.1) is 0 Å². The van der Waals surface area contributed by atoms with Crippen LogP contribution < -0.4 is 5.32 Å². The molecule has 3 amide bonds. The van der Waals surface area contributed by atoms with Crippen LogP contribution in [0.3, 0.4) is 0 Å². The standard InChI is InChI=1S/C24H19N3O3/c1-24(19-13-7-11-16-8-5-6-12-18(16)19)22(28)27(23(29)26-24)15-21-25-14-20(30-21)17-9-3-2-4-10-17/h2-14H,15H2,1H3,(H,26,29)/t24-/m0/s1. The molecule has 1 saturated heterocycles. The second-order valence-corrected chi connectivity index (χ2v) is 7.46. The zero-order chi connectivity index (χ0) is 20.7. The fourth-order valence-corrected chi connectivity index (χ4v) is 3.94. The van der Waals surface area contributed by atoms with Crippen molar-refractivity contribution < 1.29 is 14.0 Å². The summed E-state index contributed by atoms with van der Waals surface area (Å²) in [6.45, 7) is 1.71. The Hall–Kier alpha value is -3.93. The largest absolute Gasteiger partial charge is 0.439 e. The van der Waals surface area contributed by atoms with Crippen LogP contribution in [0.25, 0.3) is 22.1 Å². The van der Waals surface area contributed by atoms with Gasteiger partial charge in [0.25, 0.3) is 5.91 Å². The lowest BCUT2D eigenvalue weighted by molar-refractivity contribution is -0.131. The molecule has 6 heteroatoms. The van der Waals surface area contributed by atoms with Crippen molar-refractivity contribution in [1.29, 1.82) is 0 Å². The van der Waals surface area contributed by atoms with Crippen LogP contribution in [0.1, 0.15) is 18.4 Å². The van der Waals surface area contributed by atoms with Crippen LogP contribution in [0.2, 0.25) is 0 Å². The van der Waals surface area contributed by atoms with Crippen molar-refractivity contribution in [1.82, 2.24) is 15.2 Å². The summed E-state index contributed by atoms with van der Waals surface area (Å²) in [7, 11) is 0. The van der Waals surface area contributed by atoms with Crippen molar-refractivity contribution in [2.45, 2.75) is 19.0 Å². The van der Waals surface area contributed by atoms with Crippen molar-refractivity contribution in [3.05, 3.63) is 90.4 Å². The lowest BCUT2D eigenvalue weighted by atomic mass is 9.88. The molecule has 0 spiro atoms. The lowest BCUT2D eigenvalue weighted by Crippen LogP contribution is -2.41. The summed E-state index contributed by atoms with van der Waals surface area (Å²) in [5.41, 5.74) is 0.486. The third kappa shape index (κ3) is 2.85. The molecule has 1 atom stereocenters. The van der Waals surface area contributed by atoms with Crippen molar-refractivity contribution in [2.75, 3.05) is 0 Å². The van der Waals surface area contributed by atoms with Gasteiger partial charge in [0.1, 0.15) is 12.1 Å². The van der Waals surface area contributed by atoms with Crippen molar-refractivity contribution >= 4 is 22.7 Å². The number of urea groups is 1. The number of aromatic nitrogens is 1. The van der Waals surface area contributed by atoms with Crippen molar-refractivity contribution in [3.8, 4) is 11.3 Å². The van der Waals surface area contributed by atoms with Gasteiger partial charge in [0, 0.05) is 5.56 Å². The average molecular weight is 397 g/mol. The van der Waals surface area contributed by atoms with Crippen LogP contribution in [-0.2, 0) is 16.9 Å². The van der Waals surface area contributed by atoms with Crippen molar-refractivity contribution in [3.63, 3.8) is 0 Å². The Labute approximate surface area is 173 Å². The minimum Gasteiger partial charge on any atom is -0.439 e. The van der Waals surface area contributed by atoms with Gasteiger partial charge in [-0.15, -0.1) is 0 Å². The Morgan fingerprint density at radius 2 is 1.70 bits per heavy atom. The number of carbonyl (C=O) groups is 2. The predicted molar refractivity (Wildman–Crippen MR) is 112 cm³/mol. The highest BCUT2D eigenvalue weighted by molar-refractivity contribution is 6.09. The minimum absolute atomic E-state index is 0.0299. The first-order valence-corrected chi connectivity index (χ1v) is 9.69. The Morgan fingerprint density at radius 1 is 0.967 bits per heavy atom. The molecule has 1 fully saturated rings. The van der Waals surface area contributed by atoms with Gasteiger partial charge in [-0.3, -0.25) is 9.69 Å². The number of rotatable bonds is 4. The maximum Gasteiger partial charge on any atom is 0.325 e. The molecule has 0 radical (unpaired) electrons. The Morgan fingerprint density at radius 3 is 2.53 bits per heavy atom. The van der Waals surface area contributed by atoms with Gasteiger partial charge in [-0.05, 0) is 23.3 Å². The fourth-order valence-electron chi connectivity index (χ4n) is 3.94. The summed E-state index contributed by atoms with van der Waals surface area (Å²) >= 11 is 0. The fraction of sp³-hybridized carbons (Fsp3) is 0.125. The van der Waals surface area contributed by atoms with Gasteiger partial charge >= 0.3 is 6.03 Å². The van der Waals surface area contributed by atoms with Gasteiger partial charge in [0.05, 0.1) is 6.20 Å². The monoisotopic (exact) mass is 397 g/mol. The summed E-state index contributed by atoms with van der Waals surface area (Å²) in [6, 6.07) is 22.7. The quantitative estimate of drug-likeness (QED) is 0.516. The topological polar surface area (TPSA) is 75.4 Å². The molecule has 1 aliphatic heterocycles. The highest BCUT2D eigenvalue weighted by Crippen LogP contribution is 2.34. The minimum atomic E-state index is -1.16. The molecule has 0 saturated carbocycles. The molecule has 5 rings (SSSR count). The van der Waals surface area contributed by atoms with Gasteiger partial charge in [0.2, 0.25) is 5.89 Å². The first kappa shape index (κ1) is 18.1. The maximum atomic E-state index is 13.3. The lowest BCUT2D eigenvalue weighted by Gasteiger charge is -2.23. The molecule has 4 aromatic rings. The van der Waals surface area contributed by atoms with E-state index in [2.05, 4.69) is 10.3 Å². The maximum absolute atomic E-state index is 13.3. The van der Waals surface area contributed by atoms with E-state index >= 15 is 0 Å². The van der Waals surface area contributed by atoms with Gasteiger partial charge in [-0.2, -0.15) is 0 Å². The average Bonchev–Trinajstić information content (AvgIpc) is 3.33. The number of amides is 3. The molecule has 1 aromatic heterocycles. The summed E-state index contributed by atoms with van der Waals surface area (Å²) in [4.78, 5) is 31.5. The third-order valence-electron chi connectivity index (χ3n) is 5.51. The van der Waals surface area contributed by atoms with Crippen LogP contribution in [0.15, 0.2) is 83.4 Å². The zero-order valence-corrected chi connectivity index (χ0v) is 16.3. The van der Waals surface area contributed by atoms with Gasteiger partial charge in [0.15, 0.2) is 5.76 Å². The smallest absolute Gasteiger partial charge is 0.325 e. The molecule has 3 aromatic carbocycles. The molecule has 148 valence electrons. The SMILES string of the molecule is C[C@@]1(c2cccc3ccccc23)NC(=O)N(Cc2ncc(-c3ccccc3)o2)C1=O. The highest BCUT2D eigenvalue weighted by atomic mass is 16.4. The normalized spacial score (nSPS) is 18.8. The number of hydrogen-bond acceptors (Lipinski definition) is 4. The van der Waals surface area contributed by atoms with E-state index in [9.17, 15) is 9.59 Å². The van der Waals surface area contributed by atoms with Gasteiger partial charge in [-0.25, -0.2) is 9.78 Å². The van der Waals surface area contributed by atoms with E-state index in [4.69, 9.17) is 4.42 Å². The van der Waals surface area contributed by atoms with Gasteiger partial charge in [-0.1, -0.05) is 72.8 Å². The first-order valence-electron chi connectivity index (χ1n) is 9.69. The summed E-state index contributed by atoms with van der Waals surface area (Å²) in [5.74, 6) is 0.567. The number of imide groups is 1. The summed E-state index contributed by atoms with van der Waals surface area (Å²) in [6.07, 6.45) is 1.60. The molecular weight excluding hydrogens is 378 g/mol. The second-order valence-electron chi connectivity index (χ2n) is 7.46. The molecule has 2 heterocycles. The van der Waals surface area contributed by atoms with E-state index < -0.39 is 11.6 Å². The number of fused-ring (bicyclic) bond motifs is 1. The molecular formula is C24H19N3O3. The van der Waals surface area contributed by atoms with Crippen LogP contribution in [0.5, 0.6) is 0 Å². The predicted octanol–water partition coefficient (Wildman–Crippen LogP) is 4.46.